The Kier molecular flexibility index (Phi) is 4.97. The van der Waals surface area contributed by atoms with Gasteiger partial charge in [-0.25, -0.2) is 0 Å². The molecule has 0 saturated carbocycles. The summed E-state index contributed by atoms with van der Waals surface area (Å²) in [5, 5.41) is 8.90. The molecule has 1 heterocycles. The molecule has 0 aromatic carbocycles. The Bertz CT molecular complexity index is 288. The van der Waals surface area contributed by atoms with Gasteiger partial charge in [-0.1, -0.05) is 26.7 Å². The van der Waals surface area contributed by atoms with Crippen molar-refractivity contribution in [1.29, 1.82) is 0 Å². The zero-order valence-corrected chi connectivity index (χ0v) is 11.0. The predicted molar refractivity (Wildman–Crippen MR) is 65.6 cm³/mol. The molecule has 0 aliphatic carbocycles. The van der Waals surface area contributed by atoms with E-state index in [0.717, 1.165) is 19.3 Å². The highest BCUT2D eigenvalue weighted by Crippen LogP contribution is 2.23. The van der Waals surface area contributed by atoms with Crippen LogP contribution in [0.4, 0.5) is 0 Å². The summed E-state index contributed by atoms with van der Waals surface area (Å²) in [4.78, 5) is 24.3. The maximum absolute atomic E-state index is 11.7. The Morgan fingerprint density at radius 1 is 1.41 bits per heavy atom. The average Bonchev–Trinajstić information content (AvgIpc) is 2.59. The number of aliphatic carboxylic acids is 1. The second kappa shape index (κ2) is 6.03. The zero-order valence-electron chi connectivity index (χ0n) is 11.0. The topological polar surface area (TPSA) is 57.6 Å². The Morgan fingerprint density at radius 2 is 2.06 bits per heavy atom. The van der Waals surface area contributed by atoms with Crippen molar-refractivity contribution in [2.24, 2.45) is 11.8 Å². The number of likely N-dealkylation sites (tertiary alicyclic amines) is 1. The third-order valence-corrected chi connectivity index (χ3v) is 3.44. The third-order valence-electron chi connectivity index (χ3n) is 3.44. The van der Waals surface area contributed by atoms with Gasteiger partial charge in [0.15, 0.2) is 0 Å². The zero-order chi connectivity index (χ0) is 13.0. The van der Waals surface area contributed by atoms with Crippen LogP contribution >= 0.6 is 0 Å². The molecule has 4 nitrogen and oxygen atoms in total. The van der Waals surface area contributed by atoms with E-state index in [1.165, 1.54) is 0 Å². The van der Waals surface area contributed by atoms with Crippen LogP contribution in [0.2, 0.25) is 0 Å². The number of carbonyl (C=O) groups is 2. The SMILES string of the molecule is CC(C)CCCC(C)N1CC(C(=O)O)CC1=O. The fourth-order valence-electron chi connectivity index (χ4n) is 2.30. The van der Waals surface area contributed by atoms with Crippen LogP contribution in [0.5, 0.6) is 0 Å². The van der Waals surface area contributed by atoms with Gasteiger partial charge in [-0.3, -0.25) is 9.59 Å². The molecule has 1 aliphatic heterocycles. The Labute approximate surface area is 103 Å². The van der Waals surface area contributed by atoms with Crippen LogP contribution in [0.15, 0.2) is 0 Å². The molecule has 0 aromatic heterocycles. The molecule has 0 aromatic rings. The van der Waals surface area contributed by atoms with Gasteiger partial charge in [0, 0.05) is 19.0 Å². The lowest BCUT2D eigenvalue weighted by atomic mass is 10.0. The first-order valence-electron chi connectivity index (χ1n) is 6.44. The van der Waals surface area contributed by atoms with E-state index < -0.39 is 11.9 Å². The van der Waals surface area contributed by atoms with E-state index in [-0.39, 0.29) is 18.4 Å². The molecule has 17 heavy (non-hydrogen) atoms. The highest BCUT2D eigenvalue weighted by molar-refractivity contribution is 5.86. The van der Waals surface area contributed by atoms with E-state index >= 15 is 0 Å². The number of hydrogen-bond donors (Lipinski definition) is 1. The lowest BCUT2D eigenvalue weighted by Gasteiger charge is -2.24. The smallest absolute Gasteiger partial charge is 0.308 e. The summed E-state index contributed by atoms with van der Waals surface area (Å²) in [6.07, 6.45) is 3.40. The molecule has 1 rings (SSSR count). The van der Waals surface area contributed by atoms with Gasteiger partial charge in [-0.2, -0.15) is 0 Å². The number of rotatable bonds is 6. The van der Waals surface area contributed by atoms with Crippen LogP contribution in [-0.2, 0) is 9.59 Å². The molecule has 2 unspecified atom stereocenters. The molecule has 0 spiro atoms. The Morgan fingerprint density at radius 3 is 2.53 bits per heavy atom. The van der Waals surface area contributed by atoms with E-state index in [9.17, 15) is 9.59 Å². The summed E-state index contributed by atoms with van der Waals surface area (Å²) in [6.45, 7) is 6.78. The largest absolute Gasteiger partial charge is 0.481 e. The van der Waals surface area contributed by atoms with Crippen molar-refractivity contribution >= 4 is 11.9 Å². The predicted octanol–water partition coefficient (Wildman–Crippen LogP) is 2.13. The second-order valence-electron chi connectivity index (χ2n) is 5.46. The number of carbonyl (C=O) groups excluding carboxylic acids is 1. The Hall–Kier alpha value is -1.06. The van der Waals surface area contributed by atoms with Gasteiger partial charge < -0.3 is 10.0 Å². The fraction of sp³-hybridized carbons (Fsp3) is 0.846. The average molecular weight is 241 g/mol. The van der Waals surface area contributed by atoms with Crippen LogP contribution in [0, 0.1) is 11.8 Å². The molecular weight excluding hydrogens is 218 g/mol. The van der Waals surface area contributed by atoms with E-state index in [1.807, 2.05) is 6.92 Å². The van der Waals surface area contributed by atoms with E-state index in [4.69, 9.17) is 5.11 Å². The summed E-state index contributed by atoms with van der Waals surface area (Å²) in [7, 11) is 0. The Balaban J connectivity index is 2.39. The van der Waals surface area contributed by atoms with E-state index in [2.05, 4.69) is 13.8 Å². The first-order chi connectivity index (χ1) is 7.91. The first kappa shape index (κ1) is 14.0. The van der Waals surface area contributed by atoms with Crippen LogP contribution < -0.4 is 0 Å². The lowest BCUT2D eigenvalue weighted by Crippen LogP contribution is -2.35. The van der Waals surface area contributed by atoms with E-state index in [1.54, 1.807) is 4.90 Å². The molecule has 1 amide bonds. The van der Waals surface area contributed by atoms with Gasteiger partial charge in [-0.15, -0.1) is 0 Å². The van der Waals surface area contributed by atoms with Gasteiger partial charge in [0.25, 0.3) is 0 Å². The number of amides is 1. The maximum atomic E-state index is 11.7. The fourth-order valence-corrected chi connectivity index (χ4v) is 2.30. The highest BCUT2D eigenvalue weighted by atomic mass is 16.4. The number of carboxylic acids is 1. The summed E-state index contributed by atoms with van der Waals surface area (Å²) < 4.78 is 0. The third kappa shape index (κ3) is 4.02. The van der Waals surface area contributed by atoms with Crippen molar-refractivity contribution < 1.29 is 14.7 Å². The maximum Gasteiger partial charge on any atom is 0.308 e. The number of carboxylic acid groups (broad SMARTS) is 1. The van der Waals surface area contributed by atoms with Crippen molar-refractivity contribution in [2.75, 3.05) is 6.54 Å². The quantitative estimate of drug-likeness (QED) is 0.775. The van der Waals surface area contributed by atoms with E-state index in [0.29, 0.717) is 12.5 Å². The van der Waals surface area contributed by atoms with Gasteiger partial charge in [-0.05, 0) is 19.3 Å². The monoisotopic (exact) mass is 241 g/mol. The minimum Gasteiger partial charge on any atom is -0.481 e. The van der Waals surface area contributed by atoms with Crippen LogP contribution in [0.1, 0.15) is 46.5 Å². The minimum atomic E-state index is -0.852. The van der Waals surface area contributed by atoms with Crippen molar-refractivity contribution in [2.45, 2.75) is 52.5 Å². The molecule has 4 heteroatoms. The van der Waals surface area contributed by atoms with Crippen molar-refractivity contribution in [3.05, 3.63) is 0 Å². The second-order valence-corrected chi connectivity index (χ2v) is 5.46. The van der Waals surface area contributed by atoms with Crippen LogP contribution in [-0.4, -0.2) is 34.5 Å². The first-order valence-corrected chi connectivity index (χ1v) is 6.44. The standard InChI is InChI=1S/C13H23NO3/c1-9(2)5-4-6-10(3)14-8-11(13(16)17)7-12(14)15/h9-11H,4-8H2,1-3H3,(H,16,17). The minimum absolute atomic E-state index is 0.00514. The molecule has 98 valence electrons. The van der Waals surface area contributed by atoms with Gasteiger partial charge in [0.2, 0.25) is 5.91 Å². The molecule has 1 aliphatic rings. The lowest BCUT2D eigenvalue weighted by molar-refractivity contribution is -0.141. The summed E-state index contributed by atoms with van der Waals surface area (Å²) in [5.41, 5.74) is 0. The summed E-state index contributed by atoms with van der Waals surface area (Å²) in [5.74, 6) is -0.678. The van der Waals surface area contributed by atoms with Crippen LogP contribution in [0.3, 0.4) is 0 Å². The van der Waals surface area contributed by atoms with Crippen molar-refractivity contribution in [3.8, 4) is 0 Å². The number of nitrogens with zero attached hydrogens (tertiary/aromatic N) is 1. The molecule has 1 saturated heterocycles. The number of hydrogen-bond acceptors (Lipinski definition) is 2. The molecular formula is C13H23NO3. The molecule has 0 radical (unpaired) electrons. The van der Waals surface area contributed by atoms with Gasteiger partial charge >= 0.3 is 5.97 Å². The van der Waals surface area contributed by atoms with Gasteiger partial charge in [0.05, 0.1) is 5.92 Å². The van der Waals surface area contributed by atoms with Crippen molar-refractivity contribution in [1.82, 2.24) is 4.90 Å². The molecule has 1 N–H and O–H groups in total. The van der Waals surface area contributed by atoms with Crippen molar-refractivity contribution in [3.63, 3.8) is 0 Å². The van der Waals surface area contributed by atoms with Gasteiger partial charge in [0.1, 0.15) is 0 Å². The molecule has 1 fully saturated rings. The normalized spacial score (nSPS) is 22.2. The summed E-state index contributed by atoms with van der Waals surface area (Å²) in [6, 6.07) is 0.172. The highest BCUT2D eigenvalue weighted by Gasteiger charge is 2.36. The molecule has 0 bridgehead atoms. The molecule has 2 atom stereocenters. The van der Waals surface area contributed by atoms with Crippen LogP contribution in [0.25, 0.3) is 0 Å². The summed E-state index contributed by atoms with van der Waals surface area (Å²) >= 11 is 0.